The molecule has 0 unspecified atom stereocenters. The molecule has 0 aliphatic rings. The van der Waals surface area contributed by atoms with Crippen LogP contribution in [0.4, 0.5) is 0 Å². The summed E-state index contributed by atoms with van der Waals surface area (Å²) in [6, 6.07) is 9.44. The zero-order valence-corrected chi connectivity index (χ0v) is 14.5. The van der Waals surface area contributed by atoms with E-state index in [4.69, 9.17) is 4.74 Å². The average molecular weight is 346 g/mol. The topological polar surface area (TPSA) is 100 Å². The summed E-state index contributed by atoms with van der Waals surface area (Å²) in [6.45, 7) is 3.02. The van der Waals surface area contributed by atoms with Gasteiger partial charge in [-0.2, -0.15) is 4.79 Å². The lowest BCUT2D eigenvalue weighted by Crippen LogP contribution is -2.20. The Morgan fingerprint density at radius 3 is 2.33 bits per heavy atom. The molecule has 0 aliphatic heterocycles. The van der Waals surface area contributed by atoms with Gasteiger partial charge in [0.15, 0.2) is 0 Å². The molecule has 0 heterocycles. The smallest absolute Gasteiger partial charge is 0.416 e. The first-order valence-corrected chi connectivity index (χ1v) is 8.66. The van der Waals surface area contributed by atoms with Gasteiger partial charge in [0.05, 0.1) is 24.2 Å². The molecule has 1 N–H and O–H groups in total. The normalized spacial score (nSPS) is 11.0. The molecule has 7 heteroatoms. The molecule has 126 valence electrons. The molecule has 0 amide bonds. The Labute approximate surface area is 140 Å². The summed E-state index contributed by atoms with van der Waals surface area (Å²) in [5.41, 5.74) is 11.1. The Hall–Kier alpha value is -2.47. The third-order valence-electron chi connectivity index (χ3n) is 3.62. The molecule has 2 aromatic rings. The molecular weight excluding hydrogens is 328 g/mol. The quantitative estimate of drug-likeness (QED) is 0.397. The van der Waals surface area contributed by atoms with Crippen molar-refractivity contribution in [1.82, 2.24) is 0 Å². The molecule has 0 saturated heterocycles. The number of aryl methyl sites for hydroxylation is 2. The van der Waals surface area contributed by atoms with Crippen LogP contribution in [-0.2, 0) is 16.4 Å². The number of nitrogens with zero attached hydrogens (tertiary/aromatic N) is 2. The number of sulfone groups is 1. The Morgan fingerprint density at radius 2 is 1.83 bits per heavy atom. The highest BCUT2D eigenvalue weighted by atomic mass is 32.2. The van der Waals surface area contributed by atoms with E-state index in [2.05, 4.69) is 4.79 Å². The van der Waals surface area contributed by atoms with E-state index >= 15 is 0 Å². The van der Waals surface area contributed by atoms with Crippen molar-refractivity contribution in [2.75, 3.05) is 7.11 Å². The highest BCUT2D eigenvalue weighted by Crippen LogP contribution is 2.26. The summed E-state index contributed by atoms with van der Waals surface area (Å²) in [4.78, 5) is 2.96. The maximum Gasteiger partial charge on any atom is 0.416 e. The molecule has 6 nitrogen and oxygen atoms in total. The van der Waals surface area contributed by atoms with E-state index in [1.54, 1.807) is 31.2 Å². The van der Waals surface area contributed by atoms with Gasteiger partial charge in [0.2, 0.25) is 0 Å². The van der Waals surface area contributed by atoms with E-state index in [1.165, 1.54) is 19.2 Å². The van der Waals surface area contributed by atoms with Gasteiger partial charge in [0.1, 0.15) is 5.75 Å². The zero-order valence-electron chi connectivity index (χ0n) is 13.6. The van der Waals surface area contributed by atoms with Crippen LogP contribution in [0.3, 0.4) is 0 Å². The first kappa shape index (κ1) is 17.9. The van der Waals surface area contributed by atoms with Crippen LogP contribution in [0, 0.1) is 13.8 Å². The Bertz CT molecular complexity index is 912. The summed E-state index contributed by atoms with van der Waals surface area (Å²) < 4.78 is 31.0. The predicted octanol–water partition coefficient (Wildman–Crippen LogP) is 2.25. The van der Waals surface area contributed by atoms with Gasteiger partial charge in [-0.05, 0) is 49.2 Å². The minimum Gasteiger partial charge on any atom is -0.497 e. The Balaban J connectivity index is 2.66. The Morgan fingerprint density at radius 1 is 1.21 bits per heavy atom. The van der Waals surface area contributed by atoms with Gasteiger partial charge in [0, 0.05) is 0 Å². The largest absolute Gasteiger partial charge is 0.497 e. The van der Waals surface area contributed by atoms with E-state index in [1.807, 2.05) is 6.92 Å². The van der Waals surface area contributed by atoms with Crippen LogP contribution in [0.5, 0.6) is 5.75 Å². The third-order valence-corrected chi connectivity index (χ3v) is 5.57. The van der Waals surface area contributed by atoms with Crippen LogP contribution < -0.4 is 4.74 Å². The first-order valence-electron chi connectivity index (χ1n) is 7.17. The number of ether oxygens (including phenoxy) is 1. The fourth-order valence-electron chi connectivity index (χ4n) is 2.64. The molecule has 0 saturated carbocycles. The number of rotatable bonds is 4. The standard InChI is InChI=1S/C17H18N2O4S/c1-11-8-12(2)16(14(9-11)10-20)24(21,22)17(19-18)13-4-6-15(23-3)7-5-13/h4-9,20H,10H2,1-3H3. The number of benzene rings is 2. The van der Waals surface area contributed by atoms with Crippen molar-refractivity contribution < 1.29 is 23.1 Å². The number of aliphatic hydroxyl groups excluding tert-OH is 1. The second kappa shape index (κ2) is 6.97. The van der Waals surface area contributed by atoms with E-state index in [0.717, 1.165) is 5.56 Å². The molecular formula is C17H18N2O4S. The molecule has 0 atom stereocenters. The fraction of sp³-hybridized carbons (Fsp3) is 0.235. The SMILES string of the molecule is COc1ccc(C(=[N+]=[N-])S(=O)(=O)c2c(C)cc(C)cc2CO)cc1. The van der Waals surface area contributed by atoms with Crippen LogP contribution in [0.25, 0.3) is 5.53 Å². The van der Waals surface area contributed by atoms with Gasteiger partial charge in [0.25, 0.3) is 9.84 Å². The first-order chi connectivity index (χ1) is 11.3. The summed E-state index contributed by atoms with van der Waals surface area (Å²) in [7, 11) is -2.62. The number of aliphatic hydroxyl groups is 1. The van der Waals surface area contributed by atoms with Gasteiger partial charge >= 0.3 is 5.04 Å². The molecule has 0 aromatic heterocycles. The molecule has 2 aromatic carbocycles. The molecule has 0 fully saturated rings. The average Bonchev–Trinajstić information content (AvgIpc) is 2.54. The van der Waals surface area contributed by atoms with Crippen molar-refractivity contribution in [2.24, 2.45) is 0 Å². The fourth-order valence-corrected chi connectivity index (χ4v) is 4.34. The van der Waals surface area contributed by atoms with Crippen LogP contribution >= 0.6 is 0 Å². The zero-order chi connectivity index (χ0) is 17.9. The summed E-state index contributed by atoms with van der Waals surface area (Å²) in [5, 5.41) is 9.06. The lowest BCUT2D eigenvalue weighted by atomic mass is 10.1. The maximum absolute atomic E-state index is 13.0. The van der Waals surface area contributed by atoms with Crippen LogP contribution in [0.15, 0.2) is 41.3 Å². The number of methoxy groups -OCH3 is 1. The second-order valence-corrected chi connectivity index (χ2v) is 7.17. The monoisotopic (exact) mass is 346 g/mol. The van der Waals surface area contributed by atoms with Crippen LogP contribution in [0.2, 0.25) is 0 Å². The van der Waals surface area contributed by atoms with Crippen molar-refractivity contribution in [3.63, 3.8) is 0 Å². The van der Waals surface area contributed by atoms with E-state index in [-0.39, 0.29) is 16.0 Å². The molecule has 0 bridgehead atoms. The van der Waals surface area contributed by atoms with Crippen molar-refractivity contribution in [1.29, 1.82) is 0 Å². The minimum absolute atomic E-state index is 0.0424. The highest BCUT2D eigenvalue weighted by molar-refractivity contribution is 8.06. The van der Waals surface area contributed by atoms with Gasteiger partial charge in [-0.3, -0.25) is 0 Å². The molecule has 24 heavy (non-hydrogen) atoms. The predicted molar refractivity (Wildman–Crippen MR) is 89.7 cm³/mol. The number of hydrogen-bond acceptors (Lipinski definition) is 4. The number of hydrogen-bond donors (Lipinski definition) is 1. The summed E-state index contributed by atoms with van der Waals surface area (Å²) in [6.07, 6.45) is 0. The van der Waals surface area contributed by atoms with Gasteiger partial charge in [-0.25, -0.2) is 8.42 Å². The van der Waals surface area contributed by atoms with Gasteiger partial charge < -0.3 is 15.4 Å². The molecule has 0 radical (unpaired) electrons. The Kier molecular flexibility index (Phi) is 5.19. The molecule has 0 spiro atoms. The second-order valence-electron chi connectivity index (χ2n) is 5.37. The summed E-state index contributed by atoms with van der Waals surface area (Å²) >= 11 is 0. The van der Waals surface area contributed by atoms with E-state index in [9.17, 15) is 19.1 Å². The van der Waals surface area contributed by atoms with Crippen molar-refractivity contribution >= 4 is 14.9 Å². The van der Waals surface area contributed by atoms with Crippen molar-refractivity contribution in [3.8, 4) is 5.75 Å². The molecule has 2 rings (SSSR count). The van der Waals surface area contributed by atoms with E-state index in [0.29, 0.717) is 11.3 Å². The van der Waals surface area contributed by atoms with Gasteiger partial charge in [-0.1, -0.05) is 17.7 Å². The van der Waals surface area contributed by atoms with Crippen LogP contribution in [0.1, 0.15) is 22.3 Å². The van der Waals surface area contributed by atoms with Crippen molar-refractivity contribution in [2.45, 2.75) is 25.3 Å². The van der Waals surface area contributed by atoms with Crippen molar-refractivity contribution in [3.05, 3.63) is 64.2 Å². The third kappa shape index (κ3) is 3.23. The van der Waals surface area contributed by atoms with E-state index < -0.39 is 21.5 Å². The van der Waals surface area contributed by atoms with Crippen LogP contribution in [-0.4, -0.2) is 30.5 Å². The highest BCUT2D eigenvalue weighted by Gasteiger charge is 2.35. The minimum atomic E-state index is -4.11. The maximum atomic E-state index is 13.0. The lowest BCUT2D eigenvalue weighted by molar-refractivity contribution is 0.000591. The lowest BCUT2D eigenvalue weighted by Gasteiger charge is -2.11. The summed E-state index contributed by atoms with van der Waals surface area (Å²) in [5.74, 6) is 0.552. The van der Waals surface area contributed by atoms with Gasteiger partial charge in [-0.15, -0.1) is 0 Å². The molecule has 0 aliphatic carbocycles.